The van der Waals surface area contributed by atoms with E-state index in [4.69, 9.17) is 34.8 Å². The van der Waals surface area contributed by atoms with Gasteiger partial charge in [-0.3, -0.25) is 0 Å². The molecule has 3 heteroatoms. The molecule has 0 atom stereocenters. The van der Waals surface area contributed by atoms with Crippen molar-refractivity contribution < 1.29 is 0 Å². The van der Waals surface area contributed by atoms with Gasteiger partial charge in [-0.05, 0) is 0 Å². The van der Waals surface area contributed by atoms with Gasteiger partial charge in [-0.15, -0.1) is 0 Å². The second kappa shape index (κ2) is 3.36. The van der Waals surface area contributed by atoms with Crippen molar-refractivity contribution in [2.24, 2.45) is 0 Å². The van der Waals surface area contributed by atoms with Gasteiger partial charge < -0.3 is 0 Å². The van der Waals surface area contributed by atoms with Gasteiger partial charge in [0.15, 0.2) is 0 Å². The Labute approximate surface area is 57.4 Å². The van der Waals surface area contributed by atoms with Gasteiger partial charge in [-0.2, -0.15) is 0 Å². The average molecular weight is 157 g/mol. The highest BCUT2D eigenvalue weighted by Crippen LogP contribution is 2.16. The minimum absolute atomic E-state index is 0.261. The number of allylic oxidation sites excluding steroid dienone is 2. The van der Waals surface area contributed by atoms with Crippen LogP contribution in [0.4, 0.5) is 0 Å². The SMILES string of the molecule is C=C(Cl)/C(Cl)=C/Cl. The fraction of sp³-hybridized carbons (Fsp3) is 0. The summed E-state index contributed by atoms with van der Waals surface area (Å²) in [4.78, 5) is 0. The van der Waals surface area contributed by atoms with Crippen molar-refractivity contribution in [2.75, 3.05) is 0 Å². The lowest BCUT2D eigenvalue weighted by Crippen LogP contribution is -1.61. The van der Waals surface area contributed by atoms with Crippen LogP contribution in [0.5, 0.6) is 0 Å². The number of hydrogen-bond acceptors (Lipinski definition) is 0. The van der Waals surface area contributed by atoms with Gasteiger partial charge in [-0.1, -0.05) is 41.4 Å². The molecule has 7 heavy (non-hydrogen) atoms. The first-order valence-electron chi connectivity index (χ1n) is 1.49. The largest absolute Gasteiger partial charge is 0.0913 e. The van der Waals surface area contributed by atoms with E-state index in [1.54, 1.807) is 0 Å². The van der Waals surface area contributed by atoms with Crippen LogP contribution in [-0.2, 0) is 0 Å². The van der Waals surface area contributed by atoms with Crippen molar-refractivity contribution in [1.29, 1.82) is 0 Å². The van der Waals surface area contributed by atoms with E-state index in [-0.39, 0.29) is 10.1 Å². The molecule has 0 unspecified atom stereocenters. The van der Waals surface area contributed by atoms with Crippen LogP contribution in [0.25, 0.3) is 0 Å². The zero-order valence-electron chi connectivity index (χ0n) is 3.42. The van der Waals surface area contributed by atoms with Crippen LogP contribution in [0.1, 0.15) is 0 Å². The molecule has 0 spiro atoms. The minimum Gasteiger partial charge on any atom is -0.0913 e. The molecular weight excluding hydrogens is 154 g/mol. The van der Waals surface area contributed by atoms with Crippen molar-refractivity contribution >= 4 is 34.8 Å². The highest BCUT2D eigenvalue weighted by atomic mass is 35.5. The Morgan fingerprint density at radius 1 is 1.43 bits per heavy atom. The Balaban J connectivity index is 3.82. The first-order chi connectivity index (χ1) is 3.18. The summed E-state index contributed by atoms with van der Waals surface area (Å²) in [5, 5.41) is 0.542. The van der Waals surface area contributed by atoms with Gasteiger partial charge in [-0.25, -0.2) is 0 Å². The van der Waals surface area contributed by atoms with Crippen LogP contribution in [-0.4, -0.2) is 0 Å². The van der Waals surface area contributed by atoms with E-state index in [9.17, 15) is 0 Å². The summed E-state index contributed by atoms with van der Waals surface area (Å²) in [7, 11) is 0. The summed E-state index contributed by atoms with van der Waals surface area (Å²) in [5.41, 5.74) is 1.16. The molecule has 0 N–H and O–H groups in total. The molecule has 0 aromatic rings. The maximum atomic E-state index is 5.30. The third-order valence-corrected chi connectivity index (χ3v) is 1.32. The van der Waals surface area contributed by atoms with E-state index < -0.39 is 0 Å². The van der Waals surface area contributed by atoms with Crippen LogP contribution in [0.15, 0.2) is 22.2 Å². The minimum atomic E-state index is 0.261. The molecule has 40 valence electrons. The second-order valence-corrected chi connectivity index (χ2v) is 1.94. The van der Waals surface area contributed by atoms with Crippen molar-refractivity contribution in [3.8, 4) is 0 Å². The highest BCUT2D eigenvalue weighted by Gasteiger charge is 1.89. The Hall–Kier alpha value is 0.350. The van der Waals surface area contributed by atoms with E-state index in [0.29, 0.717) is 0 Å². The Morgan fingerprint density at radius 3 is 1.86 bits per heavy atom. The summed E-state index contributed by atoms with van der Waals surface area (Å²) < 4.78 is 0. The molecule has 0 heterocycles. The molecule has 0 rings (SSSR count). The summed E-state index contributed by atoms with van der Waals surface area (Å²) in [6, 6.07) is 0. The molecular formula is C4H3Cl3. The summed E-state index contributed by atoms with van der Waals surface area (Å²) in [6.07, 6.45) is 0. The molecule has 0 bridgehead atoms. The standard InChI is InChI=1S/C4H3Cl3/c1-3(6)4(7)2-5/h2H,1H2/b4-2-. The predicted octanol–water partition coefficient (Wildman–Crippen LogP) is 3.06. The lowest BCUT2D eigenvalue weighted by atomic mass is 10.6. The maximum Gasteiger partial charge on any atom is 0.0699 e. The van der Waals surface area contributed by atoms with Crippen molar-refractivity contribution in [3.63, 3.8) is 0 Å². The fourth-order valence-corrected chi connectivity index (χ4v) is 0.301. The van der Waals surface area contributed by atoms with Crippen LogP contribution in [0.2, 0.25) is 0 Å². The lowest BCUT2D eigenvalue weighted by Gasteiger charge is -1.84. The van der Waals surface area contributed by atoms with E-state index in [1.807, 2.05) is 0 Å². The molecule has 0 amide bonds. The molecule has 0 saturated carbocycles. The van der Waals surface area contributed by atoms with Gasteiger partial charge in [0.2, 0.25) is 0 Å². The van der Waals surface area contributed by atoms with E-state index >= 15 is 0 Å². The molecule has 0 aliphatic heterocycles. The van der Waals surface area contributed by atoms with Crippen molar-refractivity contribution in [1.82, 2.24) is 0 Å². The van der Waals surface area contributed by atoms with E-state index in [0.717, 1.165) is 5.54 Å². The first-order valence-corrected chi connectivity index (χ1v) is 2.68. The molecule has 0 saturated heterocycles. The molecule has 0 nitrogen and oxygen atoms in total. The van der Waals surface area contributed by atoms with Crippen molar-refractivity contribution in [3.05, 3.63) is 22.2 Å². The van der Waals surface area contributed by atoms with Crippen LogP contribution in [0.3, 0.4) is 0 Å². The van der Waals surface area contributed by atoms with Crippen LogP contribution in [0, 0.1) is 0 Å². The smallest absolute Gasteiger partial charge is 0.0699 e. The predicted molar refractivity (Wildman–Crippen MR) is 34.8 cm³/mol. The first kappa shape index (κ1) is 7.35. The molecule has 0 fully saturated rings. The molecule has 0 radical (unpaired) electrons. The lowest BCUT2D eigenvalue weighted by molar-refractivity contribution is 1.92. The van der Waals surface area contributed by atoms with Gasteiger partial charge in [0, 0.05) is 5.54 Å². The Kier molecular flexibility index (Phi) is 3.53. The third-order valence-electron chi connectivity index (χ3n) is 0.355. The quantitative estimate of drug-likeness (QED) is 0.513. The van der Waals surface area contributed by atoms with Crippen molar-refractivity contribution in [2.45, 2.75) is 0 Å². The fourth-order valence-electron chi connectivity index (χ4n) is 0.0592. The van der Waals surface area contributed by atoms with Gasteiger partial charge in [0.1, 0.15) is 0 Å². The van der Waals surface area contributed by atoms with Gasteiger partial charge in [0.25, 0.3) is 0 Å². The molecule has 0 aromatic heterocycles. The zero-order valence-corrected chi connectivity index (χ0v) is 5.69. The summed E-state index contributed by atoms with van der Waals surface area (Å²) in [5.74, 6) is 0. The highest BCUT2D eigenvalue weighted by molar-refractivity contribution is 6.46. The maximum absolute atomic E-state index is 5.30. The van der Waals surface area contributed by atoms with E-state index in [1.165, 1.54) is 0 Å². The third kappa shape index (κ3) is 2.98. The van der Waals surface area contributed by atoms with Crippen LogP contribution < -0.4 is 0 Å². The summed E-state index contributed by atoms with van der Waals surface area (Å²) in [6.45, 7) is 3.31. The molecule has 0 aromatic carbocycles. The molecule has 0 aliphatic carbocycles. The number of rotatable bonds is 1. The topological polar surface area (TPSA) is 0 Å². The Morgan fingerprint density at radius 2 is 1.86 bits per heavy atom. The number of halogens is 3. The zero-order chi connectivity index (χ0) is 5.86. The monoisotopic (exact) mass is 156 g/mol. The second-order valence-electron chi connectivity index (χ2n) is 0.862. The molecule has 0 aliphatic rings. The summed E-state index contributed by atoms with van der Waals surface area (Å²) >= 11 is 15.7. The normalized spacial score (nSPS) is 11.6. The number of hydrogen-bond donors (Lipinski definition) is 0. The average Bonchev–Trinajstić information content (AvgIpc) is 1.65. The van der Waals surface area contributed by atoms with Gasteiger partial charge in [0.05, 0.1) is 10.1 Å². The van der Waals surface area contributed by atoms with E-state index in [2.05, 4.69) is 6.58 Å². The van der Waals surface area contributed by atoms with Crippen LogP contribution >= 0.6 is 34.8 Å². The Bertz CT molecular complexity index is 104. The van der Waals surface area contributed by atoms with Gasteiger partial charge >= 0.3 is 0 Å².